The van der Waals surface area contributed by atoms with E-state index in [4.69, 9.17) is 5.73 Å². The molecule has 1 aromatic carbocycles. The van der Waals surface area contributed by atoms with Gasteiger partial charge in [-0.25, -0.2) is 8.91 Å². The number of aliphatic hydroxyl groups is 1. The number of nitrogen functional groups attached to an aromatic ring is 1. The molecule has 4 aromatic rings. The van der Waals surface area contributed by atoms with Gasteiger partial charge in [0.1, 0.15) is 11.9 Å². The lowest BCUT2D eigenvalue weighted by Gasteiger charge is -2.26. The summed E-state index contributed by atoms with van der Waals surface area (Å²) >= 11 is 1.38. The second-order valence-corrected chi connectivity index (χ2v) is 9.47. The Kier molecular flexibility index (Phi) is 5.56. The Morgan fingerprint density at radius 1 is 1.15 bits per heavy atom. The maximum absolute atomic E-state index is 13.5. The molecular weight excluding hydrogens is 439 g/mol. The number of halogens is 1. The van der Waals surface area contributed by atoms with Gasteiger partial charge in [0.2, 0.25) is 0 Å². The van der Waals surface area contributed by atoms with Crippen LogP contribution in [0.2, 0.25) is 0 Å². The van der Waals surface area contributed by atoms with E-state index in [0.717, 1.165) is 47.4 Å². The van der Waals surface area contributed by atoms with Gasteiger partial charge in [0.15, 0.2) is 0 Å². The van der Waals surface area contributed by atoms with E-state index in [2.05, 4.69) is 20.9 Å². The van der Waals surface area contributed by atoms with E-state index in [-0.39, 0.29) is 12.1 Å². The third-order valence-electron chi connectivity index (χ3n) is 6.26. The van der Waals surface area contributed by atoms with Gasteiger partial charge in [0.25, 0.3) is 0 Å². The number of anilines is 1. The van der Waals surface area contributed by atoms with Crippen LogP contribution in [0.4, 0.5) is 10.1 Å². The van der Waals surface area contributed by atoms with Gasteiger partial charge in [-0.3, -0.25) is 4.68 Å². The van der Waals surface area contributed by atoms with Gasteiger partial charge in [-0.2, -0.15) is 15.5 Å². The number of hydrogen-bond donors (Lipinski definition) is 2. The van der Waals surface area contributed by atoms with Gasteiger partial charge >= 0.3 is 0 Å². The van der Waals surface area contributed by atoms with Crippen molar-refractivity contribution in [3.63, 3.8) is 0 Å². The molecule has 3 aromatic heterocycles. The lowest BCUT2D eigenvalue weighted by Crippen LogP contribution is -2.22. The zero-order chi connectivity index (χ0) is 23.1. The number of rotatable bonds is 4. The van der Waals surface area contributed by atoms with Crippen molar-refractivity contribution < 1.29 is 9.50 Å². The van der Waals surface area contributed by atoms with E-state index >= 15 is 0 Å². The standard InChI is InChI=1S/C24H23FN6OS/c1-14-20(12-29-31(14)18-3-5-19(32)6-4-18)15-8-23(24-16(10-26)11-28-30(24)13-15)33-22-7-2-17(25)9-21(22)27/h2,7-9,11-13,18-19,32H,3-6,27H2,1H3. The molecule has 3 heterocycles. The van der Waals surface area contributed by atoms with Crippen molar-refractivity contribution >= 4 is 23.0 Å². The van der Waals surface area contributed by atoms with Crippen LogP contribution in [-0.2, 0) is 0 Å². The maximum Gasteiger partial charge on any atom is 0.125 e. The summed E-state index contributed by atoms with van der Waals surface area (Å²) < 4.78 is 17.3. The van der Waals surface area contributed by atoms with E-state index in [9.17, 15) is 14.8 Å². The van der Waals surface area contributed by atoms with Crippen LogP contribution in [0.5, 0.6) is 0 Å². The van der Waals surface area contributed by atoms with Crippen LogP contribution >= 0.6 is 11.8 Å². The molecule has 1 aliphatic carbocycles. The average molecular weight is 463 g/mol. The quantitative estimate of drug-likeness (QED) is 0.425. The van der Waals surface area contributed by atoms with Crippen LogP contribution in [-0.4, -0.2) is 30.6 Å². The first-order valence-corrected chi connectivity index (χ1v) is 11.6. The number of fused-ring (bicyclic) bond motifs is 1. The van der Waals surface area contributed by atoms with Crippen molar-refractivity contribution in [2.45, 2.75) is 54.5 Å². The van der Waals surface area contributed by atoms with Crippen LogP contribution in [0.15, 0.2) is 52.6 Å². The SMILES string of the molecule is Cc1c(-c2cc(Sc3ccc(F)cc3N)c3c(C#N)cnn3c2)cnn1C1CCC(O)CC1. The molecule has 0 radical (unpaired) electrons. The van der Waals surface area contributed by atoms with Crippen molar-refractivity contribution in [1.82, 2.24) is 19.4 Å². The molecule has 168 valence electrons. The van der Waals surface area contributed by atoms with Crippen molar-refractivity contribution in [2.24, 2.45) is 0 Å². The summed E-state index contributed by atoms with van der Waals surface area (Å²) in [7, 11) is 0. The number of nitrogens with zero attached hydrogens (tertiary/aromatic N) is 5. The molecular formula is C24H23FN6OS. The summed E-state index contributed by atoms with van der Waals surface area (Å²) in [5, 5.41) is 28.5. The molecule has 3 N–H and O–H groups in total. The predicted octanol–water partition coefficient (Wildman–Crippen LogP) is 4.73. The highest BCUT2D eigenvalue weighted by Gasteiger charge is 2.24. The number of nitrogens with two attached hydrogens (primary N) is 1. The lowest BCUT2D eigenvalue weighted by atomic mass is 9.93. The summed E-state index contributed by atoms with van der Waals surface area (Å²) in [6.45, 7) is 2.05. The molecule has 1 aliphatic rings. The third kappa shape index (κ3) is 3.96. The van der Waals surface area contributed by atoms with Crippen LogP contribution in [0, 0.1) is 24.1 Å². The molecule has 33 heavy (non-hydrogen) atoms. The highest BCUT2D eigenvalue weighted by Crippen LogP contribution is 2.39. The summed E-state index contributed by atoms with van der Waals surface area (Å²) in [5.74, 6) is -0.393. The first-order chi connectivity index (χ1) is 15.9. The smallest absolute Gasteiger partial charge is 0.125 e. The molecule has 0 spiro atoms. The Labute approximate surface area is 194 Å². The molecule has 0 saturated heterocycles. The number of benzene rings is 1. The van der Waals surface area contributed by atoms with Crippen molar-refractivity contribution in [1.29, 1.82) is 5.26 Å². The number of hydrogen-bond acceptors (Lipinski definition) is 6. The first-order valence-electron chi connectivity index (χ1n) is 10.8. The normalized spacial score (nSPS) is 18.5. The number of aliphatic hydroxyl groups excluding tert-OH is 1. The Morgan fingerprint density at radius 2 is 1.94 bits per heavy atom. The Hall–Kier alpha value is -3.35. The lowest BCUT2D eigenvalue weighted by molar-refractivity contribution is 0.107. The monoisotopic (exact) mass is 462 g/mol. The fourth-order valence-electron chi connectivity index (χ4n) is 4.50. The predicted molar refractivity (Wildman–Crippen MR) is 124 cm³/mol. The molecule has 0 aliphatic heterocycles. The topological polar surface area (TPSA) is 105 Å². The molecule has 0 bridgehead atoms. The number of nitriles is 1. The minimum absolute atomic E-state index is 0.216. The molecule has 5 rings (SSSR count). The molecule has 0 unspecified atom stereocenters. The summed E-state index contributed by atoms with van der Waals surface area (Å²) in [6.07, 6.45) is 8.46. The van der Waals surface area contributed by atoms with Gasteiger partial charge in [-0.1, -0.05) is 11.8 Å². The van der Waals surface area contributed by atoms with Crippen LogP contribution in [0.25, 0.3) is 16.6 Å². The van der Waals surface area contributed by atoms with E-state index in [1.54, 1.807) is 16.8 Å². The number of aromatic nitrogens is 4. The zero-order valence-electron chi connectivity index (χ0n) is 18.1. The average Bonchev–Trinajstić information content (AvgIpc) is 3.39. The van der Waals surface area contributed by atoms with Gasteiger partial charge < -0.3 is 10.8 Å². The summed E-state index contributed by atoms with van der Waals surface area (Å²) in [5.41, 5.74) is 10.5. The minimum Gasteiger partial charge on any atom is -0.398 e. The van der Waals surface area contributed by atoms with E-state index in [1.807, 2.05) is 25.4 Å². The molecule has 9 heteroatoms. The van der Waals surface area contributed by atoms with Gasteiger partial charge in [-0.05, 0) is 56.9 Å². The van der Waals surface area contributed by atoms with Gasteiger partial charge in [-0.15, -0.1) is 0 Å². The summed E-state index contributed by atoms with van der Waals surface area (Å²) in [4.78, 5) is 1.50. The van der Waals surface area contributed by atoms with Gasteiger partial charge in [0.05, 0.1) is 35.6 Å². The van der Waals surface area contributed by atoms with Crippen LogP contribution < -0.4 is 5.73 Å². The molecule has 0 amide bonds. The zero-order valence-corrected chi connectivity index (χ0v) is 18.9. The largest absolute Gasteiger partial charge is 0.398 e. The van der Waals surface area contributed by atoms with Gasteiger partial charge in [0, 0.05) is 38.5 Å². The minimum atomic E-state index is -0.393. The third-order valence-corrected chi connectivity index (χ3v) is 7.38. The Bertz CT molecular complexity index is 1380. The molecule has 1 fully saturated rings. The van der Waals surface area contributed by atoms with E-state index in [1.165, 1.54) is 23.9 Å². The van der Waals surface area contributed by atoms with E-state index < -0.39 is 5.82 Å². The van der Waals surface area contributed by atoms with Crippen LogP contribution in [0.1, 0.15) is 43.0 Å². The first kappa shape index (κ1) is 21.5. The van der Waals surface area contributed by atoms with Crippen molar-refractivity contribution in [2.75, 3.05) is 5.73 Å². The number of pyridine rings is 1. The van der Waals surface area contributed by atoms with Crippen molar-refractivity contribution in [3.8, 4) is 17.2 Å². The fraction of sp³-hybridized carbons (Fsp3) is 0.292. The highest BCUT2D eigenvalue weighted by atomic mass is 32.2. The van der Waals surface area contributed by atoms with Crippen molar-refractivity contribution in [3.05, 3.63) is 59.9 Å². The van der Waals surface area contributed by atoms with Crippen LogP contribution in [0.3, 0.4) is 0 Å². The molecule has 0 atom stereocenters. The Morgan fingerprint density at radius 3 is 2.67 bits per heavy atom. The fourth-order valence-corrected chi connectivity index (χ4v) is 5.54. The van der Waals surface area contributed by atoms with E-state index in [0.29, 0.717) is 21.7 Å². The second kappa shape index (κ2) is 8.54. The second-order valence-electron chi connectivity index (χ2n) is 8.39. The summed E-state index contributed by atoms with van der Waals surface area (Å²) in [6, 6.07) is 8.78. The Balaban J connectivity index is 1.58. The highest BCUT2D eigenvalue weighted by molar-refractivity contribution is 7.99. The molecule has 1 saturated carbocycles. The molecule has 7 nitrogen and oxygen atoms in total. The maximum atomic E-state index is 13.5.